The average molecular weight is 499 g/mol. The topological polar surface area (TPSA) is 69.0 Å². The van der Waals surface area contributed by atoms with Gasteiger partial charge in [-0.1, -0.05) is 23.7 Å². The molecular weight excluding hydrogens is 475 g/mol. The number of hydrogen-bond donors (Lipinski definition) is 1. The van der Waals surface area contributed by atoms with E-state index >= 15 is 0 Å². The maximum atomic E-state index is 14.2. The van der Waals surface area contributed by atoms with Gasteiger partial charge in [-0.2, -0.15) is 5.26 Å². The van der Waals surface area contributed by atoms with E-state index < -0.39 is 5.82 Å². The summed E-state index contributed by atoms with van der Waals surface area (Å²) in [6, 6.07) is 17.7. The van der Waals surface area contributed by atoms with Crippen LogP contribution in [0.4, 0.5) is 4.39 Å². The first kappa shape index (κ1) is 23.9. The van der Waals surface area contributed by atoms with Crippen molar-refractivity contribution in [2.24, 2.45) is 0 Å². The van der Waals surface area contributed by atoms with Crippen LogP contribution in [0.25, 0.3) is 33.2 Å². The minimum Gasteiger partial charge on any atom is -0.340 e. The summed E-state index contributed by atoms with van der Waals surface area (Å²) in [6.45, 7) is 3.50. The van der Waals surface area contributed by atoms with Crippen LogP contribution in [0.1, 0.15) is 27.9 Å². The SMILES string of the molecule is Cc1cc(Cl)cc(-c2cnc3ccc(-c4cc(F)cc(C#N)c4)cc3c2C(=O)N(C)C[C@@H]2CCN2)c1. The molecule has 0 radical (unpaired) electrons. The first-order valence-electron chi connectivity index (χ1n) is 11.7. The van der Waals surface area contributed by atoms with E-state index in [2.05, 4.69) is 10.3 Å². The third-order valence-corrected chi connectivity index (χ3v) is 6.78. The number of benzene rings is 3. The smallest absolute Gasteiger partial charge is 0.255 e. The number of rotatable bonds is 5. The molecule has 7 heteroatoms. The predicted molar refractivity (Wildman–Crippen MR) is 140 cm³/mol. The lowest BCUT2D eigenvalue weighted by Crippen LogP contribution is -2.50. The molecule has 1 aliphatic heterocycles. The molecule has 5 rings (SSSR count). The van der Waals surface area contributed by atoms with Crippen molar-refractivity contribution in [3.8, 4) is 28.3 Å². The Morgan fingerprint density at radius 2 is 1.97 bits per heavy atom. The van der Waals surface area contributed by atoms with Crippen molar-refractivity contribution < 1.29 is 9.18 Å². The molecule has 4 aromatic rings. The van der Waals surface area contributed by atoms with Crippen LogP contribution in [0.5, 0.6) is 0 Å². The molecule has 3 aromatic carbocycles. The zero-order valence-electron chi connectivity index (χ0n) is 20.0. The molecule has 180 valence electrons. The monoisotopic (exact) mass is 498 g/mol. The minimum absolute atomic E-state index is 0.127. The van der Waals surface area contributed by atoms with Gasteiger partial charge in [-0.25, -0.2) is 4.39 Å². The summed E-state index contributed by atoms with van der Waals surface area (Å²) in [6.07, 6.45) is 2.74. The van der Waals surface area contributed by atoms with E-state index in [1.807, 2.05) is 49.4 Å². The van der Waals surface area contributed by atoms with Gasteiger partial charge in [-0.3, -0.25) is 9.78 Å². The normalized spacial score (nSPS) is 14.8. The van der Waals surface area contributed by atoms with Crippen LogP contribution in [0, 0.1) is 24.1 Å². The first-order chi connectivity index (χ1) is 17.3. The quantitative estimate of drug-likeness (QED) is 0.368. The van der Waals surface area contributed by atoms with E-state index in [4.69, 9.17) is 11.6 Å². The second kappa shape index (κ2) is 9.69. The molecule has 1 atom stereocenters. The summed E-state index contributed by atoms with van der Waals surface area (Å²) in [5, 5.41) is 13.9. The van der Waals surface area contributed by atoms with Crippen LogP contribution in [0.15, 0.2) is 60.8 Å². The highest BCUT2D eigenvalue weighted by Crippen LogP contribution is 2.34. The van der Waals surface area contributed by atoms with Crippen LogP contribution in [0.2, 0.25) is 5.02 Å². The van der Waals surface area contributed by atoms with E-state index in [0.29, 0.717) is 44.7 Å². The third kappa shape index (κ3) is 4.68. The zero-order chi connectivity index (χ0) is 25.4. The van der Waals surface area contributed by atoms with Crippen LogP contribution < -0.4 is 5.32 Å². The highest BCUT2D eigenvalue weighted by molar-refractivity contribution is 6.31. The summed E-state index contributed by atoms with van der Waals surface area (Å²) in [4.78, 5) is 20.3. The lowest BCUT2D eigenvalue weighted by atomic mass is 9.93. The highest BCUT2D eigenvalue weighted by atomic mass is 35.5. The van der Waals surface area contributed by atoms with Crippen molar-refractivity contribution in [1.82, 2.24) is 15.2 Å². The maximum absolute atomic E-state index is 14.2. The lowest BCUT2D eigenvalue weighted by Gasteiger charge is -2.32. The Hall–Kier alpha value is -3.79. The van der Waals surface area contributed by atoms with Gasteiger partial charge in [0, 0.05) is 41.8 Å². The molecule has 0 aliphatic carbocycles. The predicted octanol–water partition coefficient (Wildman–Crippen LogP) is 5.98. The number of aromatic nitrogens is 1. The maximum Gasteiger partial charge on any atom is 0.255 e. The van der Waals surface area contributed by atoms with E-state index in [1.165, 1.54) is 12.1 Å². The number of pyridine rings is 1. The fraction of sp³-hybridized carbons (Fsp3) is 0.207. The van der Waals surface area contributed by atoms with Crippen molar-refractivity contribution in [3.63, 3.8) is 0 Å². The zero-order valence-corrected chi connectivity index (χ0v) is 20.7. The Balaban J connectivity index is 1.72. The summed E-state index contributed by atoms with van der Waals surface area (Å²) in [5.74, 6) is -0.618. The highest BCUT2D eigenvalue weighted by Gasteiger charge is 2.25. The molecule has 1 fully saturated rings. The Morgan fingerprint density at radius 3 is 2.67 bits per heavy atom. The molecule has 0 unspecified atom stereocenters. The second-order valence-electron chi connectivity index (χ2n) is 9.26. The van der Waals surface area contributed by atoms with Gasteiger partial charge in [0.2, 0.25) is 0 Å². The summed E-state index contributed by atoms with van der Waals surface area (Å²) < 4.78 is 14.2. The third-order valence-electron chi connectivity index (χ3n) is 6.56. The minimum atomic E-state index is -0.491. The molecule has 1 aromatic heterocycles. The van der Waals surface area contributed by atoms with Crippen molar-refractivity contribution >= 4 is 28.4 Å². The average Bonchev–Trinajstić information content (AvgIpc) is 2.83. The molecule has 5 nitrogen and oxygen atoms in total. The van der Waals surface area contributed by atoms with Gasteiger partial charge in [-0.05, 0) is 84.6 Å². The number of aryl methyl sites for hydroxylation is 1. The van der Waals surface area contributed by atoms with Crippen LogP contribution in [-0.4, -0.2) is 42.0 Å². The molecule has 0 bridgehead atoms. The van der Waals surface area contributed by atoms with Crippen molar-refractivity contribution in [2.45, 2.75) is 19.4 Å². The summed E-state index contributed by atoms with van der Waals surface area (Å²) in [7, 11) is 1.80. The Kier molecular flexibility index (Phi) is 6.44. The first-order valence-corrected chi connectivity index (χ1v) is 12.1. The van der Waals surface area contributed by atoms with Crippen molar-refractivity contribution in [2.75, 3.05) is 20.1 Å². The van der Waals surface area contributed by atoms with Gasteiger partial charge < -0.3 is 10.2 Å². The molecule has 1 N–H and O–H groups in total. The molecule has 1 aliphatic rings. The number of carbonyl (C=O) groups is 1. The number of nitrogens with zero attached hydrogens (tertiary/aromatic N) is 3. The van der Waals surface area contributed by atoms with Crippen LogP contribution in [0.3, 0.4) is 0 Å². The number of hydrogen-bond acceptors (Lipinski definition) is 4. The number of carbonyl (C=O) groups excluding carboxylic acids is 1. The summed E-state index contributed by atoms with van der Waals surface area (Å²) in [5.41, 5.74) is 5.10. The van der Waals surface area contributed by atoms with Crippen molar-refractivity contribution in [3.05, 3.63) is 88.3 Å². The molecule has 1 amide bonds. The molecule has 36 heavy (non-hydrogen) atoms. The second-order valence-corrected chi connectivity index (χ2v) is 9.70. The fourth-order valence-corrected chi connectivity index (χ4v) is 4.93. The van der Waals surface area contributed by atoms with Crippen molar-refractivity contribution in [1.29, 1.82) is 5.26 Å². The van der Waals surface area contributed by atoms with Gasteiger partial charge in [0.25, 0.3) is 5.91 Å². The number of halogens is 2. The molecule has 2 heterocycles. The molecule has 0 spiro atoms. The van der Waals surface area contributed by atoms with E-state index in [9.17, 15) is 14.4 Å². The fourth-order valence-electron chi connectivity index (χ4n) is 4.64. The van der Waals surface area contributed by atoms with Gasteiger partial charge in [0.1, 0.15) is 5.82 Å². The van der Waals surface area contributed by atoms with Crippen LogP contribution in [-0.2, 0) is 0 Å². The number of nitriles is 1. The van der Waals surface area contributed by atoms with Gasteiger partial charge in [0.15, 0.2) is 0 Å². The Bertz CT molecular complexity index is 1520. The van der Waals surface area contributed by atoms with Crippen LogP contribution >= 0.6 is 11.6 Å². The lowest BCUT2D eigenvalue weighted by molar-refractivity contribution is 0.0769. The summed E-state index contributed by atoms with van der Waals surface area (Å²) >= 11 is 6.37. The molecule has 0 saturated carbocycles. The van der Waals surface area contributed by atoms with Gasteiger partial charge >= 0.3 is 0 Å². The number of amides is 1. The molecular formula is C29H24ClFN4O. The Labute approximate surface area is 214 Å². The number of likely N-dealkylation sites (N-methyl/N-ethyl adjacent to an activating group) is 1. The number of fused-ring (bicyclic) bond motifs is 1. The van der Waals surface area contributed by atoms with E-state index in [1.54, 1.807) is 24.2 Å². The van der Waals surface area contributed by atoms with Gasteiger partial charge in [0.05, 0.1) is 22.7 Å². The largest absolute Gasteiger partial charge is 0.340 e. The Morgan fingerprint density at radius 1 is 1.17 bits per heavy atom. The van der Waals surface area contributed by atoms with E-state index in [-0.39, 0.29) is 17.5 Å². The van der Waals surface area contributed by atoms with Gasteiger partial charge in [-0.15, -0.1) is 0 Å². The number of nitrogens with one attached hydrogen (secondary N) is 1. The molecule has 1 saturated heterocycles. The standard InChI is InChI=1S/C29H24ClFN4O/c1-17-7-21(11-22(30)8-17)26-15-34-27-4-3-19(20-9-18(14-32)10-23(31)12-20)13-25(27)28(26)29(36)35(2)16-24-5-6-33-24/h3-4,7-13,15,24,33H,5-6,16H2,1-2H3/t24-/m0/s1. The van der Waals surface area contributed by atoms with E-state index in [0.717, 1.165) is 24.1 Å².